The summed E-state index contributed by atoms with van der Waals surface area (Å²) in [6.07, 6.45) is 0. The molecule has 2 rings (SSSR count). The number of hydrogen-bond acceptors (Lipinski definition) is 1. The summed E-state index contributed by atoms with van der Waals surface area (Å²) in [7, 11) is 0. The minimum atomic E-state index is -0.596. The second kappa shape index (κ2) is 5.14. The van der Waals surface area contributed by atoms with E-state index >= 15 is 0 Å². The molecule has 0 fully saturated rings. The molecule has 0 aliphatic heterocycles. The van der Waals surface area contributed by atoms with Crippen molar-refractivity contribution in [1.29, 1.82) is 0 Å². The second-order valence-electron chi connectivity index (χ2n) is 3.46. The van der Waals surface area contributed by atoms with Crippen LogP contribution in [0, 0.1) is 9.39 Å². The Morgan fingerprint density at radius 2 is 1.94 bits per heavy atom. The molecule has 0 atom stereocenters. The van der Waals surface area contributed by atoms with Gasteiger partial charge in [-0.3, -0.25) is 4.79 Å². The molecule has 86 valence electrons. The first kappa shape index (κ1) is 12.5. The van der Waals surface area contributed by atoms with E-state index in [1.807, 2.05) is 6.07 Å². The maximum atomic E-state index is 13.6. The lowest BCUT2D eigenvalue weighted by Crippen LogP contribution is -2.04. The molecular weight excluding hydrogens is 353 g/mol. The highest BCUT2D eigenvalue weighted by atomic mass is 127. The maximum absolute atomic E-state index is 13.6. The summed E-state index contributed by atoms with van der Waals surface area (Å²) in [4.78, 5) is 12.0. The van der Waals surface area contributed by atoms with Crippen molar-refractivity contribution in [2.45, 2.75) is 0 Å². The normalized spacial score (nSPS) is 10.3. The first-order valence-corrected chi connectivity index (χ1v) is 6.29. The molecule has 0 N–H and O–H groups in total. The van der Waals surface area contributed by atoms with Crippen LogP contribution in [0.1, 0.15) is 15.9 Å². The largest absolute Gasteiger partial charge is 0.288 e. The van der Waals surface area contributed by atoms with Crippen molar-refractivity contribution in [2.24, 2.45) is 0 Å². The highest BCUT2D eigenvalue weighted by Crippen LogP contribution is 2.19. The fraction of sp³-hybridized carbons (Fsp3) is 0. The van der Waals surface area contributed by atoms with Crippen LogP contribution in [0.3, 0.4) is 0 Å². The predicted molar refractivity (Wildman–Crippen MR) is 74.0 cm³/mol. The van der Waals surface area contributed by atoms with Gasteiger partial charge in [0.15, 0.2) is 5.78 Å². The van der Waals surface area contributed by atoms with Gasteiger partial charge >= 0.3 is 0 Å². The van der Waals surface area contributed by atoms with E-state index in [9.17, 15) is 9.18 Å². The number of ketones is 1. The predicted octanol–water partition coefficient (Wildman–Crippen LogP) is 4.31. The van der Waals surface area contributed by atoms with Gasteiger partial charge < -0.3 is 0 Å². The standard InChI is InChI=1S/C13H7ClFIO/c14-9-4-5-11(12(15)7-9)13(17)8-2-1-3-10(16)6-8/h1-7H. The van der Waals surface area contributed by atoms with Crippen LogP contribution in [0.15, 0.2) is 42.5 Å². The third-order valence-electron chi connectivity index (χ3n) is 2.26. The van der Waals surface area contributed by atoms with Crippen LogP contribution >= 0.6 is 34.2 Å². The van der Waals surface area contributed by atoms with E-state index in [1.165, 1.54) is 12.1 Å². The number of halogens is 3. The minimum absolute atomic E-state index is 0.0383. The van der Waals surface area contributed by atoms with Crippen LogP contribution in [0.4, 0.5) is 4.39 Å². The van der Waals surface area contributed by atoms with Crippen molar-refractivity contribution in [3.63, 3.8) is 0 Å². The smallest absolute Gasteiger partial charge is 0.196 e. The molecule has 0 bridgehead atoms. The molecule has 2 aromatic carbocycles. The average molecular weight is 361 g/mol. The molecule has 0 aliphatic rings. The van der Waals surface area contributed by atoms with Crippen LogP contribution in [0.5, 0.6) is 0 Å². The van der Waals surface area contributed by atoms with E-state index in [0.29, 0.717) is 5.56 Å². The number of benzene rings is 2. The van der Waals surface area contributed by atoms with Gasteiger partial charge in [-0.25, -0.2) is 4.39 Å². The Morgan fingerprint density at radius 3 is 2.59 bits per heavy atom. The van der Waals surface area contributed by atoms with Crippen molar-refractivity contribution in [3.8, 4) is 0 Å². The Kier molecular flexibility index (Phi) is 3.79. The van der Waals surface area contributed by atoms with Crippen molar-refractivity contribution in [1.82, 2.24) is 0 Å². The quantitative estimate of drug-likeness (QED) is 0.576. The minimum Gasteiger partial charge on any atom is -0.288 e. The van der Waals surface area contributed by atoms with Gasteiger partial charge in [0.2, 0.25) is 0 Å². The first-order chi connectivity index (χ1) is 8.08. The highest BCUT2D eigenvalue weighted by molar-refractivity contribution is 14.1. The molecule has 4 heteroatoms. The van der Waals surface area contributed by atoms with E-state index in [0.717, 1.165) is 9.64 Å². The van der Waals surface area contributed by atoms with Gasteiger partial charge in [-0.1, -0.05) is 23.7 Å². The fourth-order valence-electron chi connectivity index (χ4n) is 1.46. The molecule has 0 aromatic heterocycles. The van der Waals surface area contributed by atoms with Crippen LogP contribution < -0.4 is 0 Å². The van der Waals surface area contributed by atoms with E-state index in [-0.39, 0.29) is 16.4 Å². The lowest BCUT2D eigenvalue weighted by Gasteiger charge is -2.03. The Morgan fingerprint density at radius 1 is 1.18 bits per heavy atom. The summed E-state index contributed by atoms with van der Waals surface area (Å²) in [5.41, 5.74) is 0.509. The van der Waals surface area contributed by atoms with Crippen molar-refractivity contribution in [2.75, 3.05) is 0 Å². The summed E-state index contributed by atoms with van der Waals surface area (Å²) in [6.45, 7) is 0. The van der Waals surface area contributed by atoms with Crippen LogP contribution in [-0.4, -0.2) is 5.78 Å². The van der Waals surface area contributed by atoms with Crippen LogP contribution in [-0.2, 0) is 0 Å². The zero-order chi connectivity index (χ0) is 12.4. The van der Waals surface area contributed by atoms with Crippen LogP contribution in [0.25, 0.3) is 0 Å². The first-order valence-electron chi connectivity index (χ1n) is 4.83. The molecule has 0 saturated carbocycles. The molecule has 17 heavy (non-hydrogen) atoms. The summed E-state index contributed by atoms with van der Waals surface area (Å²) >= 11 is 7.75. The fourth-order valence-corrected chi connectivity index (χ4v) is 2.16. The average Bonchev–Trinajstić information content (AvgIpc) is 2.28. The van der Waals surface area contributed by atoms with Gasteiger partial charge in [0.25, 0.3) is 0 Å². The summed E-state index contributed by atoms with van der Waals surface area (Å²) in [5.74, 6) is -0.931. The number of carbonyl (C=O) groups is 1. The van der Waals surface area contributed by atoms with E-state index in [2.05, 4.69) is 22.6 Å². The molecule has 0 radical (unpaired) electrons. The van der Waals surface area contributed by atoms with Crippen molar-refractivity contribution in [3.05, 3.63) is 68.0 Å². The zero-order valence-corrected chi connectivity index (χ0v) is 11.5. The molecule has 2 aromatic rings. The van der Waals surface area contributed by atoms with Gasteiger partial charge in [-0.2, -0.15) is 0 Å². The maximum Gasteiger partial charge on any atom is 0.196 e. The topological polar surface area (TPSA) is 17.1 Å². The van der Waals surface area contributed by atoms with Gasteiger partial charge in [-0.05, 0) is 52.9 Å². The lowest BCUT2D eigenvalue weighted by molar-refractivity contribution is 0.103. The Balaban J connectivity index is 2.44. The third kappa shape index (κ3) is 2.84. The van der Waals surface area contributed by atoms with Gasteiger partial charge in [0.05, 0.1) is 5.56 Å². The lowest BCUT2D eigenvalue weighted by atomic mass is 10.0. The van der Waals surface area contributed by atoms with E-state index < -0.39 is 5.82 Å². The Labute approximate surface area is 117 Å². The molecular formula is C13H7ClFIO. The van der Waals surface area contributed by atoms with E-state index in [4.69, 9.17) is 11.6 Å². The van der Waals surface area contributed by atoms with Gasteiger partial charge in [0.1, 0.15) is 5.82 Å². The summed E-state index contributed by atoms with van der Waals surface area (Å²) in [5, 5.41) is 0.279. The second-order valence-corrected chi connectivity index (χ2v) is 5.15. The third-order valence-corrected chi connectivity index (χ3v) is 3.17. The Bertz CT molecular complexity index is 583. The van der Waals surface area contributed by atoms with Gasteiger partial charge in [0, 0.05) is 14.2 Å². The Hall–Kier alpha value is -0.940. The molecule has 1 nitrogen and oxygen atoms in total. The molecule has 0 amide bonds. The number of hydrogen-bond donors (Lipinski definition) is 0. The van der Waals surface area contributed by atoms with Crippen LogP contribution in [0.2, 0.25) is 5.02 Å². The molecule has 0 unspecified atom stereocenters. The SMILES string of the molecule is O=C(c1cccc(I)c1)c1ccc(Cl)cc1F. The zero-order valence-electron chi connectivity index (χ0n) is 8.58. The number of rotatable bonds is 2. The molecule has 0 spiro atoms. The summed E-state index contributed by atoms with van der Waals surface area (Å²) in [6, 6.07) is 11.1. The summed E-state index contributed by atoms with van der Waals surface area (Å²) < 4.78 is 14.5. The highest BCUT2D eigenvalue weighted by Gasteiger charge is 2.14. The molecule has 0 heterocycles. The van der Waals surface area contributed by atoms with Gasteiger partial charge in [-0.15, -0.1) is 0 Å². The number of carbonyl (C=O) groups excluding carboxylic acids is 1. The van der Waals surface area contributed by atoms with E-state index in [1.54, 1.807) is 18.2 Å². The van der Waals surface area contributed by atoms with Crippen molar-refractivity contribution >= 4 is 40.0 Å². The monoisotopic (exact) mass is 360 g/mol. The molecule has 0 aliphatic carbocycles. The van der Waals surface area contributed by atoms with Crippen molar-refractivity contribution < 1.29 is 9.18 Å². The molecule has 0 saturated heterocycles.